The molecule has 1 atom stereocenters. The summed E-state index contributed by atoms with van der Waals surface area (Å²) < 4.78 is 4.58. The first-order chi connectivity index (χ1) is 8.76. The number of hydrogen-bond acceptors (Lipinski definition) is 4. The molecule has 0 radical (unpaired) electrons. The summed E-state index contributed by atoms with van der Waals surface area (Å²) in [6.45, 7) is 2.21. The van der Waals surface area contributed by atoms with Gasteiger partial charge in [0.25, 0.3) is 0 Å². The summed E-state index contributed by atoms with van der Waals surface area (Å²) >= 11 is 0. The van der Waals surface area contributed by atoms with E-state index < -0.39 is 12.0 Å². The largest absolute Gasteiger partial charge is 0.467 e. The maximum atomic E-state index is 11.2. The minimum absolute atomic E-state index is 0.443. The van der Waals surface area contributed by atoms with E-state index in [9.17, 15) is 9.59 Å². The third kappa shape index (κ3) is 8.94. The van der Waals surface area contributed by atoms with E-state index in [1.54, 1.807) is 0 Å². The topological polar surface area (TPSA) is 55.7 Å². The highest BCUT2D eigenvalue weighted by atomic mass is 16.5. The van der Waals surface area contributed by atoms with E-state index in [0.717, 1.165) is 12.8 Å². The molecule has 0 aliphatic heterocycles. The second kappa shape index (κ2) is 12.3. The number of carbonyl (C=O) groups is 1. The normalized spacial score (nSPS) is 11.7. The van der Waals surface area contributed by atoms with Crippen LogP contribution in [0.4, 0.5) is 0 Å². The number of unbranched alkanes of at least 4 members (excludes halogenated alkanes) is 7. The average Bonchev–Trinajstić information content (AvgIpc) is 2.39. The fourth-order valence-corrected chi connectivity index (χ4v) is 1.91. The molecule has 0 fully saturated rings. The van der Waals surface area contributed by atoms with Crippen LogP contribution in [0.15, 0.2) is 4.99 Å². The van der Waals surface area contributed by atoms with Gasteiger partial charge in [-0.3, -0.25) is 0 Å². The lowest BCUT2D eigenvalue weighted by molar-refractivity contribution is -0.142. The van der Waals surface area contributed by atoms with E-state index in [1.807, 2.05) is 0 Å². The molecule has 0 spiro atoms. The van der Waals surface area contributed by atoms with Crippen molar-refractivity contribution in [3.8, 4) is 0 Å². The molecule has 104 valence electrons. The van der Waals surface area contributed by atoms with Crippen molar-refractivity contribution < 1.29 is 14.3 Å². The Labute approximate surface area is 110 Å². The maximum absolute atomic E-state index is 11.2. The number of nitrogens with zero attached hydrogens (tertiary/aromatic N) is 1. The van der Waals surface area contributed by atoms with Crippen LogP contribution in [0.3, 0.4) is 0 Å². The minimum atomic E-state index is -0.660. The van der Waals surface area contributed by atoms with Gasteiger partial charge in [-0.05, 0) is 6.42 Å². The zero-order valence-electron chi connectivity index (χ0n) is 11.6. The van der Waals surface area contributed by atoms with E-state index in [2.05, 4.69) is 16.7 Å². The number of esters is 1. The molecule has 0 saturated heterocycles. The molecule has 0 aromatic rings. The molecule has 0 aromatic carbocycles. The second-order valence-electron chi connectivity index (χ2n) is 4.52. The maximum Gasteiger partial charge on any atom is 0.331 e. The number of isocyanates is 1. The Balaban J connectivity index is 3.55. The quantitative estimate of drug-likeness (QED) is 0.246. The lowest BCUT2D eigenvalue weighted by Gasteiger charge is -2.07. The Morgan fingerprint density at radius 3 is 2.17 bits per heavy atom. The van der Waals surface area contributed by atoms with E-state index in [4.69, 9.17) is 0 Å². The van der Waals surface area contributed by atoms with Crippen molar-refractivity contribution in [1.82, 2.24) is 0 Å². The Morgan fingerprint density at radius 2 is 1.67 bits per heavy atom. The number of hydrogen-bond donors (Lipinski definition) is 0. The highest BCUT2D eigenvalue weighted by Gasteiger charge is 2.17. The first kappa shape index (κ1) is 16.9. The van der Waals surface area contributed by atoms with Crippen molar-refractivity contribution in [3.05, 3.63) is 0 Å². The van der Waals surface area contributed by atoms with Crippen LogP contribution in [0.5, 0.6) is 0 Å². The lowest BCUT2D eigenvalue weighted by Crippen LogP contribution is -2.19. The summed E-state index contributed by atoms with van der Waals surface area (Å²) in [5, 5.41) is 0. The fraction of sp³-hybridized carbons (Fsp3) is 0.857. The van der Waals surface area contributed by atoms with Gasteiger partial charge in [-0.1, -0.05) is 58.3 Å². The van der Waals surface area contributed by atoms with Gasteiger partial charge < -0.3 is 4.74 Å². The monoisotopic (exact) mass is 255 g/mol. The van der Waals surface area contributed by atoms with Crippen molar-refractivity contribution in [1.29, 1.82) is 0 Å². The molecule has 4 heteroatoms. The van der Waals surface area contributed by atoms with Crippen molar-refractivity contribution in [3.63, 3.8) is 0 Å². The Hall–Kier alpha value is -1.15. The summed E-state index contributed by atoms with van der Waals surface area (Å²) in [5.74, 6) is -0.443. The van der Waals surface area contributed by atoms with Crippen LogP contribution in [-0.4, -0.2) is 25.2 Å². The van der Waals surface area contributed by atoms with Crippen LogP contribution in [0.25, 0.3) is 0 Å². The van der Waals surface area contributed by atoms with E-state index in [0.29, 0.717) is 6.42 Å². The fourth-order valence-electron chi connectivity index (χ4n) is 1.91. The smallest absolute Gasteiger partial charge is 0.331 e. The van der Waals surface area contributed by atoms with Gasteiger partial charge >= 0.3 is 5.97 Å². The minimum Gasteiger partial charge on any atom is -0.467 e. The molecular weight excluding hydrogens is 230 g/mol. The molecule has 0 aliphatic carbocycles. The van der Waals surface area contributed by atoms with Gasteiger partial charge in [0.05, 0.1) is 7.11 Å². The molecule has 18 heavy (non-hydrogen) atoms. The van der Waals surface area contributed by atoms with Crippen molar-refractivity contribution in [2.24, 2.45) is 4.99 Å². The van der Waals surface area contributed by atoms with Crippen LogP contribution < -0.4 is 0 Å². The predicted octanol–water partition coefficient (Wildman–Crippen LogP) is 3.39. The molecule has 0 saturated carbocycles. The van der Waals surface area contributed by atoms with Gasteiger partial charge in [0.15, 0.2) is 6.04 Å². The predicted molar refractivity (Wildman–Crippen MR) is 71.2 cm³/mol. The third-order valence-electron chi connectivity index (χ3n) is 3.01. The van der Waals surface area contributed by atoms with Crippen molar-refractivity contribution >= 4 is 12.0 Å². The Bertz CT molecular complexity index is 260. The lowest BCUT2D eigenvalue weighted by atomic mass is 10.0. The van der Waals surface area contributed by atoms with Gasteiger partial charge in [0.2, 0.25) is 6.08 Å². The number of methoxy groups -OCH3 is 1. The second-order valence-corrected chi connectivity index (χ2v) is 4.52. The summed E-state index contributed by atoms with van der Waals surface area (Å²) in [5.41, 5.74) is 0. The zero-order valence-corrected chi connectivity index (χ0v) is 11.6. The molecule has 0 aliphatic rings. The van der Waals surface area contributed by atoms with Gasteiger partial charge in [-0.25, -0.2) is 9.59 Å². The van der Waals surface area contributed by atoms with Gasteiger partial charge in [0.1, 0.15) is 0 Å². The van der Waals surface area contributed by atoms with Crippen LogP contribution >= 0.6 is 0 Å². The van der Waals surface area contributed by atoms with E-state index in [-0.39, 0.29) is 0 Å². The molecule has 1 unspecified atom stereocenters. The highest BCUT2D eigenvalue weighted by Crippen LogP contribution is 2.12. The van der Waals surface area contributed by atoms with Gasteiger partial charge in [0, 0.05) is 0 Å². The molecular formula is C14H25NO3. The highest BCUT2D eigenvalue weighted by molar-refractivity contribution is 5.76. The van der Waals surface area contributed by atoms with Gasteiger partial charge in [-0.15, -0.1) is 0 Å². The summed E-state index contributed by atoms with van der Waals surface area (Å²) in [7, 11) is 1.31. The molecule has 0 aromatic heterocycles. The zero-order chi connectivity index (χ0) is 13.6. The average molecular weight is 255 g/mol. The Morgan fingerprint density at radius 1 is 1.11 bits per heavy atom. The number of aliphatic imine (C=N–C) groups is 1. The van der Waals surface area contributed by atoms with Crippen LogP contribution in [0, 0.1) is 0 Å². The number of carbonyl (C=O) groups excluding carboxylic acids is 2. The molecule has 0 amide bonds. The Kier molecular flexibility index (Phi) is 11.5. The summed E-state index contributed by atoms with van der Waals surface area (Å²) in [4.78, 5) is 24.9. The van der Waals surface area contributed by atoms with Crippen LogP contribution in [0.1, 0.15) is 64.7 Å². The van der Waals surface area contributed by atoms with Crippen molar-refractivity contribution in [2.75, 3.05) is 7.11 Å². The van der Waals surface area contributed by atoms with Crippen molar-refractivity contribution in [2.45, 2.75) is 70.8 Å². The summed E-state index contributed by atoms with van der Waals surface area (Å²) in [6, 6.07) is -0.660. The SMILES string of the molecule is CCCCCCCCCCC(N=C=O)C(=O)OC. The van der Waals surface area contributed by atoms with Crippen LogP contribution in [-0.2, 0) is 14.3 Å². The molecule has 0 heterocycles. The molecule has 0 N–H and O–H groups in total. The van der Waals surface area contributed by atoms with E-state index >= 15 is 0 Å². The van der Waals surface area contributed by atoms with E-state index in [1.165, 1.54) is 51.7 Å². The summed E-state index contributed by atoms with van der Waals surface area (Å²) in [6.07, 6.45) is 11.6. The molecule has 0 bridgehead atoms. The third-order valence-corrected chi connectivity index (χ3v) is 3.01. The first-order valence-corrected chi connectivity index (χ1v) is 6.91. The van der Waals surface area contributed by atoms with Gasteiger partial charge in [-0.2, -0.15) is 4.99 Å². The standard InChI is InChI=1S/C14H25NO3/c1-3-4-5-6-7-8-9-10-11-13(15-12-16)14(17)18-2/h13H,3-11H2,1-2H3. The first-order valence-electron chi connectivity index (χ1n) is 6.91. The molecule has 0 rings (SSSR count). The number of rotatable bonds is 11. The number of ether oxygens (including phenoxy) is 1. The van der Waals surface area contributed by atoms with Crippen LogP contribution in [0.2, 0.25) is 0 Å². The molecule has 4 nitrogen and oxygen atoms in total.